The van der Waals surface area contributed by atoms with E-state index in [1.165, 1.54) is 11.8 Å². The minimum Gasteiger partial charge on any atom is -0.341 e. The molecule has 3 aromatic rings. The molecule has 0 aliphatic heterocycles. The Balaban J connectivity index is 1.69. The second kappa shape index (κ2) is 9.57. The Morgan fingerprint density at radius 2 is 1.89 bits per heavy atom. The highest BCUT2D eigenvalue weighted by Gasteiger charge is 2.16. The Kier molecular flexibility index (Phi) is 6.90. The van der Waals surface area contributed by atoms with Crippen LogP contribution < -0.4 is 0 Å². The van der Waals surface area contributed by atoms with Crippen molar-refractivity contribution in [3.8, 4) is 11.4 Å². The minimum atomic E-state index is 0.0371. The Morgan fingerprint density at radius 1 is 1.18 bits per heavy atom. The van der Waals surface area contributed by atoms with Gasteiger partial charge in [0.1, 0.15) is 0 Å². The van der Waals surface area contributed by atoms with Crippen LogP contribution in [0.4, 0.5) is 0 Å². The topological polar surface area (TPSA) is 51.0 Å². The van der Waals surface area contributed by atoms with E-state index in [4.69, 9.17) is 11.6 Å². The molecule has 1 amide bonds. The number of nitrogens with zero attached hydrogens (tertiary/aromatic N) is 4. The molecule has 0 aliphatic carbocycles. The van der Waals surface area contributed by atoms with Gasteiger partial charge in [0, 0.05) is 30.7 Å². The highest BCUT2D eigenvalue weighted by atomic mass is 35.5. The molecule has 0 bridgehead atoms. The lowest BCUT2D eigenvalue weighted by molar-refractivity contribution is -0.127. The third-order valence-electron chi connectivity index (χ3n) is 4.14. The number of aromatic nitrogens is 3. The second-order valence-electron chi connectivity index (χ2n) is 6.24. The molecule has 0 N–H and O–H groups in total. The maximum Gasteiger partial charge on any atom is 0.233 e. The molecule has 1 heterocycles. The number of hydrogen-bond donors (Lipinski definition) is 0. The zero-order valence-electron chi connectivity index (χ0n) is 15.6. The normalized spacial score (nSPS) is 10.6. The van der Waals surface area contributed by atoms with Crippen molar-refractivity contribution in [1.82, 2.24) is 19.7 Å². The molecule has 0 atom stereocenters. The summed E-state index contributed by atoms with van der Waals surface area (Å²) in [4.78, 5) is 14.2. The van der Waals surface area contributed by atoms with Crippen LogP contribution >= 0.6 is 23.4 Å². The van der Waals surface area contributed by atoms with Crippen LogP contribution in [0, 0.1) is 0 Å². The van der Waals surface area contributed by atoms with Crippen molar-refractivity contribution in [2.45, 2.75) is 18.2 Å². The first-order valence-corrected chi connectivity index (χ1v) is 10.2. The van der Waals surface area contributed by atoms with Gasteiger partial charge in [0.25, 0.3) is 0 Å². The lowest BCUT2D eigenvalue weighted by Gasteiger charge is -2.17. The van der Waals surface area contributed by atoms with E-state index in [2.05, 4.69) is 16.8 Å². The molecule has 144 valence electrons. The third kappa shape index (κ3) is 5.03. The molecule has 5 nitrogen and oxygen atoms in total. The lowest BCUT2D eigenvalue weighted by Crippen LogP contribution is -2.27. The SMILES string of the molecule is C=CCn1c(SCC(=O)N(C)Cc2ccccc2)nnc1-c1ccc(Cl)cc1. The third-order valence-corrected chi connectivity index (χ3v) is 5.35. The quantitative estimate of drug-likeness (QED) is 0.402. The van der Waals surface area contributed by atoms with Gasteiger partial charge in [-0.25, -0.2) is 0 Å². The first kappa shape index (κ1) is 20.2. The summed E-state index contributed by atoms with van der Waals surface area (Å²) >= 11 is 7.35. The van der Waals surface area contributed by atoms with Gasteiger partial charge in [0.15, 0.2) is 11.0 Å². The highest BCUT2D eigenvalue weighted by Crippen LogP contribution is 2.25. The van der Waals surface area contributed by atoms with Crippen LogP contribution in [0.1, 0.15) is 5.56 Å². The number of allylic oxidation sites excluding steroid dienone is 1. The van der Waals surface area contributed by atoms with Crippen molar-refractivity contribution >= 4 is 29.3 Å². The summed E-state index contributed by atoms with van der Waals surface area (Å²) in [5, 5.41) is 9.93. The van der Waals surface area contributed by atoms with Gasteiger partial charge in [-0.05, 0) is 29.8 Å². The van der Waals surface area contributed by atoms with Crippen LogP contribution in [0.25, 0.3) is 11.4 Å². The molecule has 7 heteroatoms. The maximum absolute atomic E-state index is 12.5. The van der Waals surface area contributed by atoms with E-state index in [0.717, 1.165) is 17.0 Å². The minimum absolute atomic E-state index is 0.0371. The summed E-state index contributed by atoms with van der Waals surface area (Å²) < 4.78 is 1.95. The van der Waals surface area contributed by atoms with Crippen molar-refractivity contribution in [2.75, 3.05) is 12.8 Å². The zero-order valence-corrected chi connectivity index (χ0v) is 17.2. The van der Waals surface area contributed by atoms with Gasteiger partial charge in [-0.2, -0.15) is 0 Å². The number of thioether (sulfide) groups is 1. The van der Waals surface area contributed by atoms with E-state index in [1.807, 2.05) is 66.2 Å². The number of amides is 1. The summed E-state index contributed by atoms with van der Waals surface area (Å²) in [6, 6.07) is 17.4. The predicted molar refractivity (Wildman–Crippen MR) is 114 cm³/mol. The van der Waals surface area contributed by atoms with Gasteiger partial charge in [-0.15, -0.1) is 16.8 Å². The molecule has 0 spiro atoms. The van der Waals surface area contributed by atoms with Crippen molar-refractivity contribution in [1.29, 1.82) is 0 Å². The average molecular weight is 413 g/mol. The molecule has 0 radical (unpaired) electrons. The summed E-state index contributed by atoms with van der Waals surface area (Å²) in [6.07, 6.45) is 1.79. The van der Waals surface area contributed by atoms with E-state index in [0.29, 0.717) is 29.0 Å². The molecule has 0 unspecified atom stereocenters. The molecule has 0 saturated heterocycles. The summed E-state index contributed by atoms with van der Waals surface area (Å²) in [6.45, 7) is 4.95. The first-order valence-electron chi connectivity index (χ1n) is 8.79. The molecule has 3 rings (SSSR count). The fourth-order valence-corrected chi connectivity index (χ4v) is 3.70. The molecule has 1 aromatic heterocycles. The largest absolute Gasteiger partial charge is 0.341 e. The Hall–Kier alpha value is -2.57. The molecular formula is C21H21ClN4OS. The van der Waals surface area contributed by atoms with E-state index in [1.54, 1.807) is 11.0 Å². The number of benzene rings is 2. The van der Waals surface area contributed by atoms with Crippen LogP contribution in [0.5, 0.6) is 0 Å². The Morgan fingerprint density at radius 3 is 2.57 bits per heavy atom. The number of carbonyl (C=O) groups is 1. The maximum atomic E-state index is 12.5. The lowest BCUT2D eigenvalue weighted by atomic mass is 10.2. The van der Waals surface area contributed by atoms with Gasteiger partial charge in [-0.1, -0.05) is 59.8 Å². The molecule has 2 aromatic carbocycles. The van der Waals surface area contributed by atoms with Crippen molar-refractivity contribution in [3.05, 3.63) is 77.8 Å². The Bertz CT molecular complexity index is 941. The molecule has 0 saturated carbocycles. The second-order valence-corrected chi connectivity index (χ2v) is 7.62. The fraction of sp³-hybridized carbons (Fsp3) is 0.190. The van der Waals surface area contributed by atoms with Crippen molar-refractivity contribution in [3.63, 3.8) is 0 Å². The van der Waals surface area contributed by atoms with E-state index in [-0.39, 0.29) is 5.91 Å². The van der Waals surface area contributed by atoms with Gasteiger partial charge in [0.05, 0.1) is 5.75 Å². The molecule has 28 heavy (non-hydrogen) atoms. The van der Waals surface area contributed by atoms with Crippen LogP contribution in [0.3, 0.4) is 0 Å². The monoisotopic (exact) mass is 412 g/mol. The zero-order chi connectivity index (χ0) is 19.9. The first-order chi connectivity index (χ1) is 13.6. The van der Waals surface area contributed by atoms with Gasteiger partial charge in [-0.3, -0.25) is 9.36 Å². The van der Waals surface area contributed by atoms with E-state index >= 15 is 0 Å². The summed E-state index contributed by atoms with van der Waals surface area (Å²) in [7, 11) is 1.81. The molecular weight excluding hydrogens is 392 g/mol. The Labute approximate surface area is 174 Å². The number of halogens is 1. The predicted octanol–water partition coefficient (Wildman–Crippen LogP) is 4.54. The van der Waals surface area contributed by atoms with E-state index < -0.39 is 0 Å². The van der Waals surface area contributed by atoms with Gasteiger partial charge in [0.2, 0.25) is 5.91 Å². The van der Waals surface area contributed by atoms with Crippen LogP contribution in [0.2, 0.25) is 5.02 Å². The van der Waals surface area contributed by atoms with E-state index in [9.17, 15) is 4.79 Å². The number of carbonyl (C=O) groups excluding carboxylic acids is 1. The van der Waals surface area contributed by atoms with Crippen molar-refractivity contribution < 1.29 is 4.79 Å². The van der Waals surface area contributed by atoms with Gasteiger partial charge >= 0.3 is 0 Å². The highest BCUT2D eigenvalue weighted by molar-refractivity contribution is 7.99. The fourth-order valence-electron chi connectivity index (χ4n) is 2.68. The summed E-state index contributed by atoms with van der Waals surface area (Å²) in [5.41, 5.74) is 2.02. The standard InChI is InChI=1S/C21H21ClN4OS/c1-3-13-26-20(17-9-11-18(22)12-10-17)23-24-21(26)28-15-19(27)25(2)14-16-7-5-4-6-8-16/h3-12H,1,13-15H2,2H3. The molecule has 0 aliphatic rings. The number of rotatable bonds is 8. The number of hydrogen-bond acceptors (Lipinski definition) is 4. The van der Waals surface area contributed by atoms with Crippen LogP contribution in [0.15, 0.2) is 72.4 Å². The molecule has 0 fully saturated rings. The van der Waals surface area contributed by atoms with Gasteiger partial charge < -0.3 is 4.90 Å². The van der Waals surface area contributed by atoms with Crippen molar-refractivity contribution in [2.24, 2.45) is 0 Å². The summed E-state index contributed by atoms with van der Waals surface area (Å²) in [5.74, 6) is 1.05. The smallest absolute Gasteiger partial charge is 0.233 e. The van der Waals surface area contributed by atoms with Crippen LogP contribution in [-0.2, 0) is 17.9 Å². The average Bonchev–Trinajstić information content (AvgIpc) is 3.10. The van der Waals surface area contributed by atoms with Crippen LogP contribution in [-0.4, -0.2) is 38.4 Å².